The first-order valence-electron chi connectivity index (χ1n) is 10.6. The minimum absolute atomic E-state index is 0.0114. The number of esters is 1. The fourth-order valence-corrected chi connectivity index (χ4v) is 4.52. The van der Waals surface area contributed by atoms with E-state index in [2.05, 4.69) is 22.7 Å². The van der Waals surface area contributed by atoms with Crippen molar-refractivity contribution in [1.29, 1.82) is 0 Å². The lowest BCUT2D eigenvalue weighted by atomic mass is 10.0. The number of benzene rings is 1. The van der Waals surface area contributed by atoms with Crippen LogP contribution < -0.4 is 5.69 Å². The van der Waals surface area contributed by atoms with Crippen LogP contribution in [0.5, 0.6) is 0 Å². The molecule has 3 heterocycles. The molecule has 0 aliphatic carbocycles. The Kier molecular flexibility index (Phi) is 6.43. The van der Waals surface area contributed by atoms with Gasteiger partial charge in [0.2, 0.25) is 0 Å². The van der Waals surface area contributed by atoms with E-state index in [4.69, 9.17) is 4.74 Å². The number of likely N-dealkylation sites (tertiary alicyclic amines) is 1. The number of nitrogens with zero attached hydrogens (tertiary/aromatic N) is 3. The Bertz CT molecular complexity index is 1170. The van der Waals surface area contributed by atoms with E-state index < -0.39 is 0 Å². The maximum Gasteiger partial charge on any atom is 0.347 e. The number of carbonyl (C=O) groups is 2. The Morgan fingerprint density at radius 3 is 2.94 bits per heavy atom. The smallest absolute Gasteiger partial charge is 0.347 e. The molecular weight excluding hydrogens is 416 g/mol. The van der Waals surface area contributed by atoms with Gasteiger partial charge in [-0.3, -0.25) is 14.5 Å². The number of carbonyl (C=O) groups excluding carboxylic acids is 2. The third-order valence-corrected chi connectivity index (χ3v) is 6.20. The summed E-state index contributed by atoms with van der Waals surface area (Å²) in [7, 11) is 0. The number of fused-ring (bicyclic) bond motifs is 3. The molecule has 1 fully saturated rings. The van der Waals surface area contributed by atoms with E-state index in [0.717, 1.165) is 36.7 Å². The van der Waals surface area contributed by atoms with Gasteiger partial charge >= 0.3 is 11.7 Å². The van der Waals surface area contributed by atoms with Crippen LogP contribution in [0, 0.1) is 5.92 Å². The van der Waals surface area contributed by atoms with Gasteiger partial charge in [0.25, 0.3) is 0 Å². The van der Waals surface area contributed by atoms with Gasteiger partial charge in [0.1, 0.15) is 18.3 Å². The van der Waals surface area contributed by atoms with E-state index in [1.807, 2.05) is 36.1 Å². The number of rotatable bonds is 8. The predicted octanol–water partition coefficient (Wildman–Crippen LogP) is 2.56. The van der Waals surface area contributed by atoms with Gasteiger partial charge in [-0.2, -0.15) is 9.61 Å². The molecule has 9 heteroatoms. The summed E-state index contributed by atoms with van der Waals surface area (Å²) < 4.78 is 6.85. The Morgan fingerprint density at radius 1 is 1.35 bits per heavy atom. The van der Waals surface area contributed by atoms with Gasteiger partial charge in [-0.1, -0.05) is 31.5 Å². The molecule has 0 saturated carbocycles. The van der Waals surface area contributed by atoms with Gasteiger partial charge in [0, 0.05) is 17.8 Å². The molecule has 4 rings (SSSR count). The van der Waals surface area contributed by atoms with Crippen molar-refractivity contribution in [2.75, 3.05) is 13.1 Å². The molecule has 1 N–H and O–H groups in total. The monoisotopic (exact) mass is 442 g/mol. The molecule has 2 aromatic heterocycles. The fourth-order valence-electron chi connectivity index (χ4n) is 4.31. The average Bonchev–Trinajstić information content (AvgIpc) is 3.39. The summed E-state index contributed by atoms with van der Waals surface area (Å²) in [5.41, 5.74) is 1.56. The number of thiol groups is 1. The molecule has 1 unspecified atom stereocenters. The van der Waals surface area contributed by atoms with Crippen molar-refractivity contribution in [2.45, 2.75) is 45.3 Å². The second kappa shape index (κ2) is 9.23. The van der Waals surface area contributed by atoms with Crippen molar-refractivity contribution in [3.05, 3.63) is 46.5 Å². The number of aromatic nitrogens is 3. The molecule has 0 radical (unpaired) electrons. The summed E-state index contributed by atoms with van der Waals surface area (Å²) in [6, 6.07) is 8.89. The molecule has 31 heavy (non-hydrogen) atoms. The zero-order valence-electron chi connectivity index (χ0n) is 17.4. The number of hydrogen-bond acceptors (Lipinski definition) is 6. The lowest BCUT2D eigenvalue weighted by molar-refractivity contribution is -0.150. The first-order valence-corrected chi connectivity index (χ1v) is 11.1. The molecule has 3 aromatic rings. The summed E-state index contributed by atoms with van der Waals surface area (Å²) in [5, 5.41) is 5.04. The normalized spacial score (nSPS) is 17.9. The third kappa shape index (κ3) is 4.52. The van der Waals surface area contributed by atoms with Crippen LogP contribution in [0.2, 0.25) is 0 Å². The summed E-state index contributed by atoms with van der Waals surface area (Å²) in [4.78, 5) is 41.7. The van der Waals surface area contributed by atoms with E-state index in [0.29, 0.717) is 24.2 Å². The quantitative estimate of drug-likeness (QED) is 0.411. The summed E-state index contributed by atoms with van der Waals surface area (Å²) >= 11 is 4.01. The Labute approximate surface area is 185 Å². The molecule has 8 nitrogen and oxygen atoms in total. The largest absolute Gasteiger partial charge is 0.458 e. The highest BCUT2D eigenvalue weighted by Gasteiger charge is 2.34. The molecule has 1 aliphatic heterocycles. The first-order chi connectivity index (χ1) is 15.0. The van der Waals surface area contributed by atoms with Crippen molar-refractivity contribution in [1.82, 2.24) is 19.5 Å². The molecule has 164 valence electrons. The number of aromatic amines is 1. The van der Waals surface area contributed by atoms with E-state index in [9.17, 15) is 14.4 Å². The van der Waals surface area contributed by atoms with Gasteiger partial charge < -0.3 is 9.72 Å². The Morgan fingerprint density at radius 2 is 2.16 bits per heavy atom. The first kappa shape index (κ1) is 21.6. The van der Waals surface area contributed by atoms with Crippen LogP contribution in [0.4, 0.5) is 0 Å². The highest BCUT2D eigenvalue weighted by molar-refractivity contribution is 7.96. The summed E-state index contributed by atoms with van der Waals surface area (Å²) in [5.74, 6) is -0.504. The number of para-hydroxylation sites is 1. The lowest BCUT2D eigenvalue weighted by Gasteiger charge is -2.26. The van der Waals surface area contributed by atoms with Crippen LogP contribution in [0.1, 0.15) is 38.3 Å². The Balaban J connectivity index is 1.46. The summed E-state index contributed by atoms with van der Waals surface area (Å²) in [6.45, 7) is 3.30. The van der Waals surface area contributed by atoms with Crippen molar-refractivity contribution < 1.29 is 14.3 Å². The summed E-state index contributed by atoms with van der Waals surface area (Å²) in [6.07, 6.45) is 3.23. The highest BCUT2D eigenvalue weighted by Crippen LogP contribution is 2.23. The number of hydrogen-bond donors (Lipinski definition) is 2. The molecule has 0 amide bonds. The van der Waals surface area contributed by atoms with Crippen LogP contribution >= 0.6 is 12.6 Å². The maximum absolute atomic E-state index is 12.8. The van der Waals surface area contributed by atoms with Crippen LogP contribution in [-0.4, -0.2) is 49.7 Å². The minimum atomic E-state index is -0.367. The zero-order chi connectivity index (χ0) is 22.0. The van der Waals surface area contributed by atoms with Crippen molar-refractivity contribution >= 4 is 40.1 Å². The van der Waals surface area contributed by atoms with Crippen molar-refractivity contribution in [2.24, 2.45) is 5.92 Å². The number of ether oxygens (including phenoxy) is 1. The van der Waals surface area contributed by atoms with Crippen LogP contribution in [-0.2, 0) is 20.9 Å². The van der Waals surface area contributed by atoms with E-state index in [1.165, 1.54) is 4.52 Å². The van der Waals surface area contributed by atoms with Crippen LogP contribution in [0.3, 0.4) is 0 Å². The molecule has 0 bridgehead atoms. The van der Waals surface area contributed by atoms with E-state index in [1.54, 1.807) is 6.07 Å². The highest BCUT2D eigenvalue weighted by atomic mass is 32.1. The fraction of sp³-hybridized carbons (Fsp3) is 0.455. The molecule has 1 aliphatic rings. The van der Waals surface area contributed by atoms with Gasteiger partial charge in [-0.05, 0) is 37.9 Å². The maximum atomic E-state index is 12.8. The molecular formula is C22H26N4O4S. The second-order valence-corrected chi connectivity index (χ2v) is 8.43. The van der Waals surface area contributed by atoms with Gasteiger partial charge in [0.15, 0.2) is 5.12 Å². The van der Waals surface area contributed by atoms with Gasteiger partial charge in [0.05, 0.1) is 11.0 Å². The van der Waals surface area contributed by atoms with Crippen molar-refractivity contribution in [3.63, 3.8) is 0 Å². The van der Waals surface area contributed by atoms with Gasteiger partial charge in [-0.25, -0.2) is 4.79 Å². The predicted molar refractivity (Wildman–Crippen MR) is 120 cm³/mol. The van der Waals surface area contributed by atoms with Gasteiger partial charge in [-0.15, -0.1) is 12.6 Å². The van der Waals surface area contributed by atoms with Crippen LogP contribution in [0.25, 0.3) is 16.4 Å². The molecule has 0 spiro atoms. The van der Waals surface area contributed by atoms with Crippen molar-refractivity contribution in [3.8, 4) is 0 Å². The minimum Gasteiger partial charge on any atom is -0.458 e. The lowest BCUT2D eigenvalue weighted by Crippen LogP contribution is -2.41. The average molecular weight is 443 g/mol. The van der Waals surface area contributed by atoms with E-state index >= 15 is 0 Å². The molecule has 1 saturated heterocycles. The standard InChI is InChI=1S/C22H26N4O4S/c1-2-6-14(21(28)31)12-25-10-5-9-18(25)20(27)30-13-15-11-19-16-7-3-4-8-17(16)23-22(29)26(19)24-15/h3-4,7-8,11,14,18H,2,5-6,9-10,12-13H2,1H3,(H,23,29)(H,28,31)/t14?,18-/m0/s1. The van der Waals surface area contributed by atoms with Crippen LogP contribution in [0.15, 0.2) is 35.1 Å². The third-order valence-electron chi connectivity index (χ3n) is 5.84. The number of nitrogens with one attached hydrogen (secondary N) is 1. The SMILES string of the molecule is CCCC(CN1CCC[C@H]1C(=O)OCc1cc2c3ccccc3[nH]c(=O)n2n1)C(=O)S. The molecule has 1 aromatic carbocycles. The second-order valence-electron chi connectivity index (χ2n) is 7.99. The zero-order valence-corrected chi connectivity index (χ0v) is 18.3. The Hall–Kier alpha value is -2.65. The number of H-pyrrole nitrogens is 1. The molecule has 2 atom stereocenters. The van der Waals surface area contributed by atoms with E-state index in [-0.39, 0.29) is 35.3 Å². The topological polar surface area (TPSA) is 96.8 Å².